The van der Waals surface area contributed by atoms with Crippen LogP contribution in [-0.4, -0.2) is 42.2 Å². The second-order valence-electron chi connectivity index (χ2n) is 4.27. The number of carboxylic acids is 1. The Kier molecular flexibility index (Phi) is 6.30. The van der Waals surface area contributed by atoms with Crippen LogP contribution in [0.3, 0.4) is 0 Å². The van der Waals surface area contributed by atoms with Crippen LogP contribution in [0.2, 0.25) is 0 Å². The molecule has 1 N–H and O–H groups in total. The fourth-order valence-corrected chi connectivity index (χ4v) is 1.92. The van der Waals surface area contributed by atoms with Gasteiger partial charge in [-0.2, -0.15) is 5.26 Å². The molecule has 0 aliphatic carbocycles. The molecule has 0 atom stereocenters. The van der Waals surface area contributed by atoms with E-state index in [0.29, 0.717) is 6.54 Å². The van der Waals surface area contributed by atoms with Crippen LogP contribution in [0, 0.1) is 11.3 Å². The van der Waals surface area contributed by atoms with Gasteiger partial charge >= 0.3 is 5.97 Å². The van der Waals surface area contributed by atoms with E-state index in [0.717, 1.165) is 24.6 Å². The first-order chi connectivity index (χ1) is 9.62. The second kappa shape index (κ2) is 8.00. The second-order valence-corrected chi connectivity index (χ2v) is 4.27. The SMILES string of the molecule is CCN(CC)c1ccc(N(CC#N)CCC(=O)O)cn1. The lowest BCUT2D eigenvalue weighted by Crippen LogP contribution is -2.27. The van der Waals surface area contributed by atoms with Gasteiger partial charge in [-0.05, 0) is 26.0 Å². The molecule has 0 aromatic carbocycles. The number of pyridine rings is 1. The predicted octanol–water partition coefficient (Wildman–Crippen LogP) is 1.73. The van der Waals surface area contributed by atoms with Crippen molar-refractivity contribution in [2.24, 2.45) is 0 Å². The lowest BCUT2D eigenvalue weighted by molar-refractivity contribution is -0.136. The van der Waals surface area contributed by atoms with Crippen molar-refractivity contribution in [3.8, 4) is 6.07 Å². The van der Waals surface area contributed by atoms with Gasteiger partial charge in [0.05, 0.1) is 24.4 Å². The number of aromatic nitrogens is 1. The largest absolute Gasteiger partial charge is 0.481 e. The van der Waals surface area contributed by atoms with E-state index in [4.69, 9.17) is 10.4 Å². The van der Waals surface area contributed by atoms with Crippen molar-refractivity contribution in [3.05, 3.63) is 18.3 Å². The van der Waals surface area contributed by atoms with Gasteiger partial charge in [0.2, 0.25) is 0 Å². The summed E-state index contributed by atoms with van der Waals surface area (Å²) < 4.78 is 0. The molecule has 0 fully saturated rings. The molecule has 6 nitrogen and oxygen atoms in total. The van der Waals surface area contributed by atoms with Gasteiger partial charge in [0.25, 0.3) is 0 Å². The fraction of sp³-hybridized carbons (Fsp3) is 0.500. The summed E-state index contributed by atoms with van der Waals surface area (Å²) in [4.78, 5) is 18.8. The summed E-state index contributed by atoms with van der Waals surface area (Å²) in [5.41, 5.74) is 0.767. The van der Waals surface area contributed by atoms with Crippen LogP contribution in [0.1, 0.15) is 20.3 Å². The third-order valence-electron chi connectivity index (χ3n) is 3.04. The molecule has 20 heavy (non-hydrogen) atoms. The summed E-state index contributed by atoms with van der Waals surface area (Å²) in [6.07, 6.45) is 1.69. The Bertz CT molecular complexity index is 463. The quantitative estimate of drug-likeness (QED) is 0.728. The molecular formula is C14H20N4O2. The summed E-state index contributed by atoms with van der Waals surface area (Å²) in [5.74, 6) is 0.00884. The summed E-state index contributed by atoms with van der Waals surface area (Å²) in [6.45, 7) is 6.34. The van der Waals surface area contributed by atoms with Crippen LogP contribution in [0.25, 0.3) is 0 Å². The lowest BCUT2D eigenvalue weighted by Gasteiger charge is -2.23. The average Bonchev–Trinajstić information content (AvgIpc) is 2.45. The van der Waals surface area contributed by atoms with Crippen LogP contribution in [-0.2, 0) is 4.79 Å². The number of aliphatic carboxylic acids is 1. The molecule has 0 amide bonds. The van der Waals surface area contributed by atoms with Crippen molar-refractivity contribution in [2.45, 2.75) is 20.3 Å². The third-order valence-corrected chi connectivity index (χ3v) is 3.04. The van der Waals surface area contributed by atoms with Crippen LogP contribution in [0.5, 0.6) is 0 Å². The first-order valence-corrected chi connectivity index (χ1v) is 6.67. The summed E-state index contributed by atoms with van der Waals surface area (Å²) in [5, 5.41) is 17.5. The minimum atomic E-state index is -0.874. The van der Waals surface area contributed by atoms with Gasteiger partial charge in [-0.3, -0.25) is 4.79 Å². The number of anilines is 2. The van der Waals surface area contributed by atoms with E-state index in [1.165, 1.54) is 0 Å². The van der Waals surface area contributed by atoms with Crippen molar-refractivity contribution in [1.29, 1.82) is 5.26 Å². The monoisotopic (exact) mass is 276 g/mol. The zero-order valence-electron chi connectivity index (χ0n) is 11.9. The third kappa shape index (κ3) is 4.43. The van der Waals surface area contributed by atoms with Gasteiger partial charge in [0.1, 0.15) is 12.4 Å². The Morgan fingerprint density at radius 2 is 2.05 bits per heavy atom. The van der Waals surface area contributed by atoms with E-state index in [1.54, 1.807) is 11.1 Å². The molecular weight excluding hydrogens is 256 g/mol. The molecule has 0 bridgehead atoms. The number of carbonyl (C=O) groups is 1. The molecule has 0 unspecified atom stereocenters. The highest BCUT2D eigenvalue weighted by atomic mass is 16.4. The zero-order valence-corrected chi connectivity index (χ0v) is 11.9. The Morgan fingerprint density at radius 3 is 2.50 bits per heavy atom. The Hall–Kier alpha value is -2.29. The molecule has 0 aliphatic heterocycles. The van der Waals surface area contributed by atoms with Crippen molar-refractivity contribution in [1.82, 2.24) is 4.98 Å². The van der Waals surface area contributed by atoms with Crippen LogP contribution in [0.15, 0.2) is 18.3 Å². The van der Waals surface area contributed by atoms with Crippen molar-refractivity contribution < 1.29 is 9.90 Å². The predicted molar refractivity (Wildman–Crippen MR) is 77.9 cm³/mol. The van der Waals surface area contributed by atoms with E-state index in [9.17, 15) is 4.79 Å². The Morgan fingerprint density at radius 1 is 1.35 bits per heavy atom. The summed E-state index contributed by atoms with van der Waals surface area (Å²) in [6, 6.07) is 5.82. The number of hydrogen-bond donors (Lipinski definition) is 1. The fourth-order valence-electron chi connectivity index (χ4n) is 1.92. The highest BCUT2D eigenvalue weighted by Gasteiger charge is 2.10. The molecule has 0 saturated heterocycles. The molecule has 1 aromatic rings. The van der Waals surface area contributed by atoms with Crippen molar-refractivity contribution >= 4 is 17.5 Å². The van der Waals surface area contributed by atoms with Gasteiger partial charge in [-0.25, -0.2) is 4.98 Å². The topological polar surface area (TPSA) is 80.5 Å². The van der Waals surface area contributed by atoms with Crippen LogP contribution >= 0.6 is 0 Å². The number of rotatable bonds is 8. The Labute approximate surface area is 119 Å². The average molecular weight is 276 g/mol. The molecule has 0 aliphatic rings. The summed E-state index contributed by atoms with van der Waals surface area (Å²) >= 11 is 0. The van der Waals surface area contributed by atoms with Crippen LogP contribution < -0.4 is 9.80 Å². The first kappa shape index (κ1) is 15.8. The van der Waals surface area contributed by atoms with Gasteiger partial charge < -0.3 is 14.9 Å². The van der Waals surface area contributed by atoms with Gasteiger partial charge in [-0.15, -0.1) is 0 Å². The van der Waals surface area contributed by atoms with E-state index < -0.39 is 5.97 Å². The first-order valence-electron chi connectivity index (χ1n) is 6.67. The van der Waals surface area contributed by atoms with Crippen molar-refractivity contribution in [3.63, 3.8) is 0 Å². The van der Waals surface area contributed by atoms with E-state index in [-0.39, 0.29) is 13.0 Å². The normalized spacial score (nSPS) is 9.85. The highest BCUT2D eigenvalue weighted by molar-refractivity contribution is 5.67. The number of nitriles is 1. The maximum atomic E-state index is 10.6. The minimum Gasteiger partial charge on any atom is -0.481 e. The molecule has 0 spiro atoms. The molecule has 6 heteroatoms. The number of hydrogen-bond acceptors (Lipinski definition) is 5. The molecule has 1 aromatic heterocycles. The summed E-state index contributed by atoms with van der Waals surface area (Å²) in [7, 11) is 0. The van der Waals surface area contributed by atoms with E-state index >= 15 is 0 Å². The number of carboxylic acid groups (broad SMARTS) is 1. The van der Waals surface area contributed by atoms with Gasteiger partial charge in [0.15, 0.2) is 0 Å². The Balaban J connectivity index is 2.82. The number of nitrogens with zero attached hydrogens (tertiary/aromatic N) is 4. The molecule has 0 saturated carbocycles. The molecule has 1 rings (SSSR count). The van der Waals surface area contributed by atoms with E-state index in [2.05, 4.69) is 23.7 Å². The molecule has 108 valence electrons. The smallest absolute Gasteiger partial charge is 0.305 e. The lowest BCUT2D eigenvalue weighted by atomic mass is 10.3. The van der Waals surface area contributed by atoms with E-state index in [1.807, 2.05) is 18.2 Å². The van der Waals surface area contributed by atoms with Gasteiger partial charge in [0, 0.05) is 19.6 Å². The molecule has 1 heterocycles. The maximum Gasteiger partial charge on any atom is 0.305 e. The zero-order chi connectivity index (χ0) is 15.0. The highest BCUT2D eigenvalue weighted by Crippen LogP contribution is 2.17. The molecule has 0 radical (unpaired) electrons. The standard InChI is InChI=1S/C14H20N4O2/c1-3-17(4-2)13-6-5-12(11-16-13)18(10-8-15)9-7-14(19)20/h5-6,11H,3-4,7,9-10H2,1-2H3,(H,19,20). The van der Waals surface area contributed by atoms with Gasteiger partial charge in [-0.1, -0.05) is 0 Å². The van der Waals surface area contributed by atoms with Crippen molar-refractivity contribution in [2.75, 3.05) is 36.0 Å². The van der Waals surface area contributed by atoms with Crippen LogP contribution in [0.4, 0.5) is 11.5 Å². The minimum absolute atomic E-state index is 0.000519. The maximum absolute atomic E-state index is 10.6.